The van der Waals surface area contributed by atoms with Crippen molar-refractivity contribution in [3.63, 3.8) is 0 Å². The average molecular weight is 224 g/mol. The van der Waals surface area contributed by atoms with Gasteiger partial charge in [0.2, 0.25) is 0 Å². The fourth-order valence-electron chi connectivity index (χ4n) is 1.82. The third-order valence-electron chi connectivity index (χ3n) is 3.14. The van der Waals surface area contributed by atoms with E-state index in [-0.39, 0.29) is 22.8 Å². The van der Waals surface area contributed by atoms with E-state index in [0.717, 1.165) is 12.8 Å². The van der Waals surface area contributed by atoms with Gasteiger partial charge in [-0.05, 0) is 25.7 Å². The summed E-state index contributed by atoms with van der Waals surface area (Å²) in [6.07, 6.45) is 3.55. The number of H-pyrrole nitrogens is 2. The molecule has 0 aliphatic heterocycles. The van der Waals surface area contributed by atoms with Gasteiger partial charge in [0.05, 0.1) is 5.54 Å². The van der Waals surface area contributed by atoms with Crippen LogP contribution in [-0.4, -0.2) is 28.0 Å². The summed E-state index contributed by atoms with van der Waals surface area (Å²) in [6.45, 7) is 2.34. The van der Waals surface area contributed by atoms with E-state index in [1.807, 2.05) is 6.92 Å². The van der Waals surface area contributed by atoms with E-state index in [9.17, 15) is 9.59 Å². The first-order valence-electron chi connectivity index (χ1n) is 5.35. The molecule has 1 saturated carbocycles. The number of aromatic amines is 2. The van der Waals surface area contributed by atoms with Gasteiger partial charge in [-0.3, -0.25) is 4.79 Å². The van der Waals surface area contributed by atoms with Crippen LogP contribution in [0.2, 0.25) is 0 Å². The van der Waals surface area contributed by atoms with Crippen LogP contribution in [0.4, 0.5) is 0 Å². The van der Waals surface area contributed by atoms with Gasteiger partial charge < -0.3 is 21.0 Å². The fraction of sp³-hybridized carbons (Fsp3) is 0.600. The maximum Gasteiger partial charge on any atom is 0.323 e. The molecule has 2 rings (SSSR count). The summed E-state index contributed by atoms with van der Waals surface area (Å²) in [4.78, 5) is 27.5. The molecule has 1 atom stereocenters. The number of hydrogen-bond acceptors (Lipinski definition) is 3. The Balaban J connectivity index is 2.09. The van der Waals surface area contributed by atoms with Crippen LogP contribution < -0.4 is 16.7 Å². The van der Waals surface area contributed by atoms with Crippen LogP contribution in [0.5, 0.6) is 0 Å². The van der Waals surface area contributed by atoms with Gasteiger partial charge in [0.25, 0.3) is 5.91 Å². The molecule has 16 heavy (non-hydrogen) atoms. The molecule has 6 heteroatoms. The zero-order valence-electron chi connectivity index (χ0n) is 9.17. The Morgan fingerprint density at radius 3 is 2.81 bits per heavy atom. The fourth-order valence-corrected chi connectivity index (χ4v) is 1.82. The van der Waals surface area contributed by atoms with Gasteiger partial charge in [-0.1, -0.05) is 0 Å². The minimum absolute atomic E-state index is 0.241. The maximum atomic E-state index is 11.8. The molecule has 1 aromatic rings. The zero-order valence-corrected chi connectivity index (χ0v) is 9.17. The number of carbonyl (C=O) groups is 1. The first kappa shape index (κ1) is 10.9. The predicted molar refractivity (Wildman–Crippen MR) is 59.1 cm³/mol. The lowest BCUT2D eigenvalue weighted by Crippen LogP contribution is -2.53. The van der Waals surface area contributed by atoms with E-state index < -0.39 is 0 Å². The van der Waals surface area contributed by atoms with Gasteiger partial charge in [-0.25, -0.2) is 4.79 Å². The second-order valence-electron chi connectivity index (χ2n) is 4.51. The van der Waals surface area contributed by atoms with Crippen LogP contribution in [0.15, 0.2) is 11.0 Å². The van der Waals surface area contributed by atoms with E-state index in [2.05, 4.69) is 15.3 Å². The number of rotatable bonds is 4. The van der Waals surface area contributed by atoms with Crippen molar-refractivity contribution < 1.29 is 4.79 Å². The Hall–Kier alpha value is -1.56. The molecule has 5 N–H and O–H groups in total. The monoisotopic (exact) mass is 224 g/mol. The van der Waals surface area contributed by atoms with Crippen molar-refractivity contribution in [2.45, 2.75) is 25.3 Å². The second-order valence-corrected chi connectivity index (χ2v) is 4.51. The molecule has 0 saturated heterocycles. The summed E-state index contributed by atoms with van der Waals surface area (Å²) in [7, 11) is 0. The predicted octanol–water partition coefficient (Wildman–Crippen LogP) is -0.440. The molecule has 0 spiro atoms. The number of amides is 1. The highest BCUT2D eigenvalue weighted by molar-refractivity contribution is 5.92. The quantitative estimate of drug-likeness (QED) is 0.557. The van der Waals surface area contributed by atoms with Crippen molar-refractivity contribution >= 4 is 5.91 Å². The average Bonchev–Trinajstić information content (AvgIpc) is 3.02. The van der Waals surface area contributed by atoms with Crippen LogP contribution >= 0.6 is 0 Å². The van der Waals surface area contributed by atoms with E-state index in [4.69, 9.17) is 5.73 Å². The van der Waals surface area contributed by atoms with Crippen molar-refractivity contribution in [1.29, 1.82) is 0 Å². The number of hydrogen-bond donors (Lipinski definition) is 4. The summed E-state index contributed by atoms with van der Waals surface area (Å²) in [5.41, 5.74) is 5.17. The van der Waals surface area contributed by atoms with Gasteiger partial charge in [0.15, 0.2) is 0 Å². The Morgan fingerprint density at radius 2 is 2.38 bits per heavy atom. The molecular weight excluding hydrogens is 208 g/mol. The molecule has 6 nitrogen and oxygen atoms in total. The lowest BCUT2D eigenvalue weighted by molar-refractivity contribution is 0.0893. The Labute approximate surface area is 92.6 Å². The van der Waals surface area contributed by atoms with E-state index in [0.29, 0.717) is 12.5 Å². The van der Waals surface area contributed by atoms with Crippen molar-refractivity contribution in [3.05, 3.63) is 22.4 Å². The summed E-state index contributed by atoms with van der Waals surface area (Å²) in [5.74, 6) is 0.158. The van der Waals surface area contributed by atoms with Crippen molar-refractivity contribution in [2.75, 3.05) is 6.54 Å². The highest BCUT2D eigenvalue weighted by atomic mass is 16.2. The maximum absolute atomic E-state index is 11.8. The molecule has 1 amide bonds. The van der Waals surface area contributed by atoms with Crippen molar-refractivity contribution in [1.82, 2.24) is 15.3 Å². The van der Waals surface area contributed by atoms with E-state index in [1.165, 1.54) is 6.20 Å². The molecule has 1 fully saturated rings. The smallest absolute Gasteiger partial charge is 0.323 e. The largest absolute Gasteiger partial charge is 0.344 e. The minimum Gasteiger partial charge on any atom is -0.344 e. The lowest BCUT2D eigenvalue weighted by atomic mass is 9.96. The van der Waals surface area contributed by atoms with Crippen molar-refractivity contribution in [3.8, 4) is 0 Å². The van der Waals surface area contributed by atoms with E-state index in [1.54, 1.807) is 0 Å². The topological polar surface area (TPSA) is 104 Å². The number of carbonyl (C=O) groups excluding carboxylic acids is 1. The first-order chi connectivity index (χ1) is 7.55. The molecule has 1 aliphatic carbocycles. The van der Waals surface area contributed by atoms with Crippen LogP contribution in [0.25, 0.3) is 0 Å². The number of aromatic nitrogens is 2. The highest BCUT2D eigenvalue weighted by Crippen LogP contribution is 2.39. The molecular formula is C10H16N4O2. The molecule has 1 unspecified atom stereocenters. The molecule has 0 bridgehead atoms. The Bertz CT molecular complexity index is 446. The number of imidazole rings is 1. The third kappa shape index (κ3) is 2.01. The van der Waals surface area contributed by atoms with Crippen molar-refractivity contribution in [2.24, 2.45) is 11.7 Å². The van der Waals surface area contributed by atoms with Gasteiger partial charge in [-0.2, -0.15) is 0 Å². The molecule has 1 aromatic heterocycles. The molecule has 0 radical (unpaired) electrons. The zero-order chi connectivity index (χ0) is 11.8. The summed E-state index contributed by atoms with van der Waals surface area (Å²) >= 11 is 0. The summed E-state index contributed by atoms with van der Waals surface area (Å²) in [6, 6.07) is 0. The minimum atomic E-state index is -0.383. The second kappa shape index (κ2) is 3.79. The van der Waals surface area contributed by atoms with Crippen LogP contribution in [0.3, 0.4) is 0 Å². The molecule has 1 heterocycles. The Kier molecular flexibility index (Phi) is 2.59. The van der Waals surface area contributed by atoms with Crippen LogP contribution in [0, 0.1) is 5.92 Å². The first-order valence-corrected chi connectivity index (χ1v) is 5.35. The van der Waals surface area contributed by atoms with Gasteiger partial charge in [0.1, 0.15) is 5.69 Å². The number of nitrogens with two attached hydrogens (primary N) is 1. The molecule has 1 aliphatic rings. The standard InChI is InChI=1S/C10H16N4O2/c1-10(5-11,6-2-3-6)14-8(15)7-4-12-9(16)13-7/h4,6H,2-3,5,11H2,1H3,(H,14,15)(H2,12,13,16). The molecule has 88 valence electrons. The Morgan fingerprint density at radius 1 is 1.69 bits per heavy atom. The van der Waals surface area contributed by atoms with Crippen LogP contribution in [-0.2, 0) is 0 Å². The lowest BCUT2D eigenvalue weighted by Gasteiger charge is -2.29. The van der Waals surface area contributed by atoms with Crippen LogP contribution in [0.1, 0.15) is 30.3 Å². The van der Waals surface area contributed by atoms with Gasteiger partial charge >= 0.3 is 5.69 Å². The SMILES string of the molecule is CC(CN)(NC(=O)c1c[nH]c(=O)[nH]1)C1CC1. The summed E-state index contributed by atoms with van der Waals surface area (Å²) in [5, 5.41) is 2.88. The van der Waals surface area contributed by atoms with Gasteiger partial charge in [0, 0.05) is 12.7 Å². The normalized spacial score (nSPS) is 19.1. The highest BCUT2D eigenvalue weighted by Gasteiger charge is 2.41. The van der Waals surface area contributed by atoms with Gasteiger partial charge in [-0.15, -0.1) is 0 Å². The number of nitrogens with one attached hydrogen (secondary N) is 3. The summed E-state index contributed by atoms with van der Waals surface area (Å²) < 4.78 is 0. The molecule has 0 aromatic carbocycles. The third-order valence-corrected chi connectivity index (χ3v) is 3.14. The van der Waals surface area contributed by atoms with E-state index >= 15 is 0 Å².